The zero-order valence-corrected chi connectivity index (χ0v) is 10.4. The second-order valence-corrected chi connectivity index (χ2v) is 4.19. The first kappa shape index (κ1) is 14.2. The summed E-state index contributed by atoms with van der Waals surface area (Å²) in [7, 11) is 0. The van der Waals surface area contributed by atoms with E-state index in [9.17, 15) is 22.8 Å². The molecule has 0 aliphatic carbocycles. The second kappa shape index (κ2) is 5.02. The van der Waals surface area contributed by atoms with E-state index in [1.807, 2.05) is 0 Å². The lowest BCUT2D eigenvalue weighted by Gasteiger charge is -2.19. The molecule has 3 amide bonds. The lowest BCUT2D eigenvalue weighted by Crippen LogP contribution is -2.46. The van der Waals surface area contributed by atoms with Crippen molar-refractivity contribution in [3.05, 3.63) is 17.8 Å². The van der Waals surface area contributed by atoms with E-state index in [2.05, 4.69) is 10.4 Å². The number of hydrazine groups is 1. The second-order valence-electron chi connectivity index (χ2n) is 4.19. The number of hydrogen-bond donors (Lipinski definition) is 1. The quantitative estimate of drug-likeness (QED) is 0.898. The van der Waals surface area contributed by atoms with Crippen molar-refractivity contribution >= 4 is 11.9 Å². The van der Waals surface area contributed by atoms with Gasteiger partial charge in [0.15, 0.2) is 0 Å². The number of aryl methyl sites for hydroxylation is 1. The number of carbonyl (C=O) groups is 2. The third-order valence-electron chi connectivity index (χ3n) is 2.52. The summed E-state index contributed by atoms with van der Waals surface area (Å²) in [5, 5.41) is 0.799. The number of rotatable bonds is 3. The molecule has 0 aromatic carbocycles. The van der Waals surface area contributed by atoms with E-state index in [1.165, 1.54) is 6.20 Å². The number of aromatic nitrogens is 1. The maximum atomic E-state index is 12.2. The van der Waals surface area contributed by atoms with Crippen LogP contribution in [0.3, 0.4) is 0 Å². The summed E-state index contributed by atoms with van der Waals surface area (Å²) in [4.78, 5) is 27.5. The van der Waals surface area contributed by atoms with Crippen molar-refractivity contribution in [1.29, 1.82) is 0 Å². The number of nitrogens with one attached hydrogen (secondary N) is 1. The summed E-state index contributed by atoms with van der Waals surface area (Å²) in [6.45, 7) is 0.0652. The number of amides is 3. The normalized spacial score (nSPS) is 15.9. The van der Waals surface area contributed by atoms with Crippen LogP contribution < -0.4 is 5.43 Å². The van der Waals surface area contributed by atoms with Crippen LogP contribution in [0.5, 0.6) is 0 Å². The van der Waals surface area contributed by atoms with Gasteiger partial charge in [-0.3, -0.25) is 10.2 Å². The highest BCUT2D eigenvalue weighted by Crippen LogP contribution is 2.19. The standard InChI is InChI=1S/C10H11F3N4O3/c1-6-4-14-8(20-6)7(18)15-17-3-2-16(9(17)19)5-10(11,12)13/h4H,2-3,5H2,1H3,(H,15,18). The zero-order valence-electron chi connectivity index (χ0n) is 10.4. The summed E-state index contributed by atoms with van der Waals surface area (Å²) in [5.74, 6) is -0.647. The van der Waals surface area contributed by atoms with Crippen LogP contribution in [0.25, 0.3) is 0 Å². The number of oxazole rings is 1. The summed E-state index contributed by atoms with van der Waals surface area (Å²) >= 11 is 0. The molecule has 1 aromatic heterocycles. The van der Waals surface area contributed by atoms with Crippen molar-refractivity contribution < 1.29 is 27.2 Å². The van der Waals surface area contributed by atoms with Crippen molar-refractivity contribution in [2.75, 3.05) is 19.6 Å². The molecule has 10 heteroatoms. The SMILES string of the molecule is Cc1cnc(C(=O)NN2CCN(CC(F)(F)F)C2=O)o1. The smallest absolute Gasteiger partial charge is 0.406 e. The summed E-state index contributed by atoms with van der Waals surface area (Å²) < 4.78 is 41.6. The van der Waals surface area contributed by atoms with E-state index in [-0.39, 0.29) is 19.0 Å². The van der Waals surface area contributed by atoms with Gasteiger partial charge in [-0.25, -0.2) is 14.8 Å². The molecule has 0 spiro atoms. The van der Waals surface area contributed by atoms with E-state index in [0.29, 0.717) is 10.7 Å². The van der Waals surface area contributed by atoms with Crippen LogP contribution in [-0.4, -0.2) is 52.6 Å². The molecule has 1 saturated heterocycles. The molecule has 0 radical (unpaired) electrons. The average molecular weight is 292 g/mol. The Morgan fingerprint density at radius 3 is 2.75 bits per heavy atom. The highest BCUT2D eigenvalue weighted by molar-refractivity contribution is 5.91. The van der Waals surface area contributed by atoms with Crippen LogP contribution in [0.4, 0.5) is 18.0 Å². The number of hydrogen-bond acceptors (Lipinski definition) is 4. The third-order valence-corrected chi connectivity index (χ3v) is 2.52. The van der Waals surface area contributed by atoms with Gasteiger partial charge in [0, 0.05) is 6.54 Å². The summed E-state index contributed by atoms with van der Waals surface area (Å²) in [6, 6.07) is -0.918. The number of urea groups is 1. The predicted molar refractivity (Wildman–Crippen MR) is 58.4 cm³/mol. The first-order valence-corrected chi connectivity index (χ1v) is 5.63. The van der Waals surface area contributed by atoms with Gasteiger partial charge in [0.25, 0.3) is 5.89 Å². The number of halogens is 3. The molecule has 1 aromatic rings. The molecule has 1 N–H and O–H groups in total. The van der Waals surface area contributed by atoms with Crippen LogP contribution in [0.1, 0.15) is 16.4 Å². The fraction of sp³-hybridized carbons (Fsp3) is 0.500. The minimum atomic E-state index is -4.48. The van der Waals surface area contributed by atoms with Gasteiger partial charge in [0.1, 0.15) is 12.3 Å². The van der Waals surface area contributed by atoms with Crippen LogP contribution in [-0.2, 0) is 0 Å². The average Bonchev–Trinajstić information content (AvgIpc) is 2.88. The Morgan fingerprint density at radius 1 is 1.50 bits per heavy atom. The molecule has 1 aliphatic heterocycles. The Labute approximate surface area is 111 Å². The van der Waals surface area contributed by atoms with Crippen molar-refractivity contribution in [3.63, 3.8) is 0 Å². The lowest BCUT2D eigenvalue weighted by atomic mass is 10.5. The molecule has 1 aliphatic rings. The molecule has 0 unspecified atom stereocenters. The van der Waals surface area contributed by atoms with Gasteiger partial charge in [-0.05, 0) is 6.92 Å². The Hall–Kier alpha value is -2.26. The predicted octanol–water partition coefficient (Wildman–Crippen LogP) is 0.928. The highest BCUT2D eigenvalue weighted by atomic mass is 19.4. The molecular weight excluding hydrogens is 281 g/mol. The Kier molecular flexibility index (Phi) is 3.55. The minimum absolute atomic E-state index is 0.0413. The van der Waals surface area contributed by atoms with Crippen molar-refractivity contribution in [1.82, 2.24) is 20.3 Å². The van der Waals surface area contributed by atoms with E-state index in [0.717, 1.165) is 5.01 Å². The molecule has 2 rings (SSSR count). The molecule has 110 valence electrons. The van der Waals surface area contributed by atoms with Gasteiger partial charge in [-0.2, -0.15) is 13.2 Å². The Bertz CT molecular complexity index is 528. The van der Waals surface area contributed by atoms with E-state index in [4.69, 9.17) is 4.42 Å². The zero-order chi connectivity index (χ0) is 14.9. The van der Waals surface area contributed by atoms with Crippen LogP contribution in [0.15, 0.2) is 10.6 Å². The summed E-state index contributed by atoms with van der Waals surface area (Å²) in [5.41, 5.74) is 2.15. The van der Waals surface area contributed by atoms with Gasteiger partial charge in [-0.15, -0.1) is 0 Å². The van der Waals surface area contributed by atoms with Crippen molar-refractivity contribution in [3.8, 4) is 0 Å². The topological polar surface area (TPSA) is 78.7 Å². The summed E-state index contributed by atoms with van der Waals surface area (Å²) in [6.07, 6.45) is -3.16. The van der Waals surface area contributed by atoms with Gasteiger partial charge in [0.2, 0.25) is 0 Å². The van der Waals surface area contributed by atoms with Gasteiger partial charge in [0.05, 0.1) is 12.7 Å². The number of alkyl halides is 3. The highest BCUT2D eigenvalue weighted by Gasteiger charge is 2.38. The van der Waals surface area contributed by atoms with E-state index >= 15 is 0 Å². The minimum Gasteiger partial charge on any atom is -0.438 e. The van der Waals surface area contributed by atoms with Crippen LogP contribution in [0.2, 0.25) is 0 Å². The molecule has 1 fully saturated rings. The molecular formula is C10H11F3N4O3. The molecule has 7 nitrogen and oxygen atoms in total. The molecule has 0 atom stereocenters. The first-order valence-electron chi connectivity index (χ1n) is 5.63. The molecule has 2 heterocycles. The van der Waals surface area contributed by atoms with E-state index in [1.54, 1.807) is 6.92 Å². The molecule has 20 heavy (non-hydrogen) atoms. The van der Waals surface area contributed by atoms with Crippen LogP contribution >= 0.6 is 0 Å². The monoisotopic (exact) mass is 292 g/mol. The maximum Gasteiger partial charge on any atom is 0.406 e. The van der Waals surface area contributed by atoms with Crippen LogP contribution in [0, 0.1) is 6.92 Å². The first-order chi connectivity index (χ1) is 9.26. The van der Waals surface area contributed by atoms with Gasteiger partial charge >= 0.3 is 18.1 Å². The Balaban J connectivity index is 1.95. The van der Waals surface area contributed by atoms with Gasteiger partial charge < -0.3 is 9.32 Å². The van der Waals surface area contributed by atoms with Crippen molar-refractivity contribution in [2.24, 2.45) is 0 Å². The fourth-order valence-corrected chi connectivity index (χ4v) is 1.68. The number of carbonyl (C=O) groups excluding carboxylic acids is 2. The van der Waals surface area contributed by atoms with Crippen molar-refractivity contribution in [2.45, 2.75) is 13.1 Å². The Morgan fingerprint density at radius 2 is 2.20 bits per heavy atom. The molecule has 0 bridgehead atoms. The lowest BCUT2D eigenvalue weighted by molar-refractivity contribution is -0.138. The maximum absolute atomic E-state index is 12.2. The van der Waals surface area contributed by atoms with E-state index < -0.39 is 24.7 Å². The third kappa shape index (κ3) is 3.19. The fourth-order valence-electron chi connectivity index (χ4n) is 1.68. The number of nitrogens with zero attached hydrogens (tertiary/aromatic N) is 3. The van der Waals surface area contributed by atoms with Gasteiger partial charge in [-0.1, -0.05) is 0 Å². The largest absolute Gasteiger partial charge is 0.438 e. The molecule has 0 saturated carbocycles.